The van der Waals surface area contributed by atoms with E-state index in [1.807, 2.05) is 13.0 Å². The summed E-state index contributed by atoms with van der Waals surface area (Å²) in [7, 11) is 0. The molecule has 0 atom stereocenters. The molecule has 0 aliphatic carbocycles. The van der Waals surface area contributed by atoms with Gasteiger partial charge in [-0.15, -0.1) is 0 Å². The normalized spacial score (nSPS) is 10.6. The zero-order valence-electron chi connectivity index (χ0n) is 13.1. The van der Waals surface area contributed by atoms with Gasteiger partial charge in [-0.05, 0) is 52.0 Å². The van der Waals surface area contributed by atoms with Gasteiger partial charge < -0.3 is 4.74 Å². The molecule has 0 unspecified atom stereocenters. The molecular weight excluding hydrogens is 352 g/mol. The summed E-state index contributed by atoms with van der Waals surface area (Å²) < 4.78 is 6.64. The summed E-state index contributed by atoms with van der Waals surface area (Å²) in [4.78, 5) is 8.50. The Labute approximate surface area is 144 Å². The molecule has 0 radical (unpaired) electrons. The number of hydrogen-bond donors (Lipinski definition) is 0. The minimum Gasteiger partial charge on any atom is -0.459 e. The zero-order valence-corrected chi connectivity index (χ0v) is 14.7. The van der Waals surface area contributed by atoms with E-state index in [0.717, 1.165) is 15.7 Å². The molecule has 3 aromatic rings. The van der Waals surface area contributed by atoms with Crippen LogP contribution in [-0.2, 0) is 6.61 Å². The Hall–Kier alpha value is -2.20. The van der Waals surface area contributed by atoms with Crippen molar-refractivity contribution in [2.45, 2.75) is 20.5 Å². The van der Waals surface area contributed by atoms with Gasteiger partial charge in [-0.1, -0.05) is 48.5 Å². The average molecular weight is 369 g/mol. The Morgan fingerprint density at radius 3 is 2.52 bits per heavy atom. The van der Waals surface area contributed by atoms with E-state index in [1.165, 1.54) is 16.7 Å². The first-order valence-electron chi connectivity index (χ1n) is 7.41. The summed E-state index contributed by atoms with van der Waals surface area (Å²) >= 11 is 3.39. The molecule has 1 heterocycles. The number of hydrogen-bond acceptors (Lipinski definition) is 3. The summed E-state index contributed by atoms with van der Waals surface area (Å²) in [6.45, 7) is 4.49. The standard InChI is InChI=1S/C19H17BrN2O/c1-13-16(12-23-19-21-11-18(20)14(2)22-19)9-6-10-17(13)15-7-4-3-5-8-15/h3-11H,12H2,1-2H3. The molecule has 1 aromatic heterocycles. The number of rotatable bonds is 4. The molecule has 3 nitrogen and oxygen atoms in total. The van der Waals surface area contributed by atoms with Crippen LogP contribution in [0.4, 0.5) is 0 Å². The van der Waals surface area contributed by atoms with Gasteiger partial charge in [0, 0.05) is 6.20 Å². The third kappa shape index (κ3) is 3.59. The lowest BCUT2D eigenvalue weighted by Crippen LogP contribution is -2.02. The fraction of sp³-hybridized carbons (Fsp3) is 0.158. The molecule has 23 heavy (non-hydrogen) atoms. The number of benzene rings is 2. The molecule has 0 aliphatic heterocycles. The highest BCUT2D eigenvalue weighted by Crippen LogP contribution is 2.26. The second-order valence-corrected chi connectivity index (χ2v) is 6.18. The molecule has 0 bridgehead atoms. The number of aryl methyl sites for hydroxylation is 1. The highest BCUT2D eigenvalue weighted by Gasteiger charge is 2.08. The van der Waals surface area contributed by atoms with Crippen molar-refractivity contribution in [3.63, 3.8) is 0 Å². The van der Waals surface area contributed by atoms with E-state index in [-0.39, 0.29) is 0 Å². The van der Waals surface area contributed by atoms with Crippen molar-refractivity contribution >= 4 is 15.9 Å². The summed E-state index contributed by atoms with van der Waals surface area (Å²) in [5.74, 6) is 0. The molecule has 0 saturated heterocycles. The predicted octanol–water partition coefficient (Wildman–Crippen LogP) is 5.10. The first-order chi connectivity index (χ1) is 11.1. The minimum absolute atomic E-state index is 0.398. The van der Waals surface area contributed by atoms with Crippen LogP contribution in [0.25, 0.3) is 11.1 Å². The van der Waals surface area contributed by atoms with Crippen molar-refractivity contribution in [2.24, 2.45) is 0 Å². The monoisotopic (exact) mass is 368 g/mol. The Morgan fingerprint density at radius 2 is 1.78 bits per heavy atom. The van der Waals surface area contributed by atoms with E-state index < -0.39 is 0 Å². The number of nitrogens with zero attached hydrogens (tertiary/aromatic N) is 2. The van der Waals surface area contributed by atoms with Crippen molar-refractivity contribution in [1.82, 2.24) is 9.97 Å². The first kappa shape index (κ1) is 15.7. The van der Waals surface area contributed by atoms with E-state index in [9.17, 15) is 0 Å². The van der Waals surface area contributed by atoms with E-state index in [1.54, 1.807) is 6.20 Å². The van der Waals surface area contributed by atoms with Gasteiger partial charge in [0.05, 0.1) is 10.2 Å². The highest BCUT2D eigenvalue weighted by molar-refractivity contribution is 9.10. The van der Waals surface area contributed by atoms with Crippen LogP contribution in [0.1, 0.15) is 16.8 Å². The summed E-state index contributed by atoms with van der Waals surface area (Å²) in [6, 6.07) is 17.0. The molecule has 0 fully saturated rings. The number of ether oxygens (including phenoxy) is 1. The van der Waals surface area contributed by atoms with E-state index in [0.29, 0.717) is 12.6 Å². The lowest BCUT2D eigenvalue weighted by Gasteiger charge is -2.12. The summed E-state index contributed by atoms with van der Waals surface area (Å²) in [5.41, 5.74) is 5.65. The van der Waals surface area contributed by atoms with E-state index in [4.69, 9.17) is 4.74 Å². The smallest absolute Gasteiger partial charge is 0.316 e. The Kier molecular flexibility index (Phi) is 4.72. The van der Waals surface area contributed by atoms with Gasteiger partial charge in [-0.25, -0.2) is 4.98 Å². The van der Waals surface area contributed by atoms with Crippen molar-refractivity contribution in [3.05, 3.63) is 76.0 Å². The second-order valence-electron chi connectivity index (χ2n) is 5.33. The molecule has 0 spiro atoms. The minimum atomic E-state index is 0.398. The van der Waals surface area contributed by atoms with Gasteiger partial charge in [-0.2, -0.15) is 4.98 Å². The van der Waals surface area contributed by atoms with Gasteiger partial charge in [0.1, 0.15) is 6.61 Å². The van der Waals surface area contributed by atoms with Gasteiger partial charge in [0.15, 0.2) is 0 Å². The van der Waals surface area contributed by atoms with Crippen molar-refractivity contribution in [1.29, 1.82) is 0 Å². The molecule has 0 N–H and O–H groups in total. The fourth-order valence-electron chi connectivity index (χ4n) is 2.41. The maximum Gasteiger partial charge on any atom is 0.316 e. The van der Waals surface area contributed by atoms with Gasteiger partial charge in [0.2, 0.25) is 0 Å². The number of aromatic nitrogens is 2. The zero-order chi connectivity index (χ0) is 16.2. The third-order valence-corrected chi connectivity index (χ3v) is 4.56. The van der Waals surface area contributed by atoms with Crippen LogP contribution in [0.3, 0.4) is 0 Å². The maximum absolute atomic E-state index is 5.76. The highest BCUT2D eigenvalue weighted by atomic mass is 79.9. The van der Waals surface area contributed by atoms with Crippen LogP contribution in [0.15, 0.2) is 59.2 Å². The van der Waals surface area contributed by atoms with E-state index >= 15 is 0 Å². The average Bonchev–Trinajstić information content (AvgIpc) is 2.58. The number of halogens is 1. The molecule has 0 amide bonds. The van der Waals surface area contributed by atoms with Crippen LogP contribution in [0.5, 0.6) is 6.01 Å². The van der Waals surface area contributed by atoms with Crippen LogP contribution in [0.2, 0.25) is 0 Å². The molecule has 0 aliphatic rings. The van der Waals surface area contributed by atoms with Gasteiger partial charge in [-0.3, -0.25) is 0 Å². The Bertz CT molecular complexity index is 819. The van der Waals surface area contributed by atoms with Crippen molar-refractivity contribution in [3.8, 4) is 17.1 Å². The molecule has 2 aromatic carbocycles. The van der Waals surface area contributed by atoms with E-state index in [2.05, 4.69) is 75.3 Å². The van der Waals surface area contributed by atoms with Crippen LogP contribution in [0, 0.1) is 13.8 Å². The molecule has 3 rings (SSSR count). The Balaban J connectivity index is 1.82. The largest absolute Gasteiger partial charge is 0.459 e. The SMILES string of the molecule is Cc1nc(OCc2cccc(-c3ccccc3)c2C)ncc1Br. The molecule has 116 valence electrons. The first-order valence-corrected chi connectivity index (χ1v) is 8.20. The quantitative estimate of drug-likeness (QED) is 0.642. The van der Waals surface area contributed by atoms with Crippen molar-refractivity contribution in [2.75, 3.05) is 0 Å². The lowest BCUT2D eigenvalue weighted by molar-refractivity contribution is 0.279. The summed E-state index contributed by atoms with van der Waals surface area (Å²) in [5, 5.41) is 0. The molecule has 4 heteroatoms. The van der Waals surface area contributed by atoms with Gasteiger partial charge in [0.25, 0.3) is 0 Å². The maximum atomic E-state index is 5.76. The van der Waals surface area contributed by atoms with Crippen LogP contribution in [-0.4, -0.2) is 9.97 Å². The summed E-state index contributed by atoms with van der Waals surface area (Å²) in [6.07, 6.45) is 1.71. The fourth-order valence-corrected chi connectivity index (χ4v) is 2.60. The predicted molar refractivity (Wildman–Crippen MR) is 95.4 cm³/mol. The van der Waals surface area contributed by atoms with Crippen LogP contribution < -0.4 is 4.74 Å². The van der Waals surface area contributed by atoms with Crippen LogP contribution >= 0.6 is 15.9 Å². The second kappa shape index (κ2) is 6.92. The van der Waals surface area contributed by atoms with Gasteiger partial charge >= 0.3 is 6.01 Å². The lowest BCUT2D eigenvalue weighted by atomic mass is 9.97. The molecular formula is C19H17BrN2O. The topological polar surface area (TPSA) is 35.0 Å². The molecule has 0 saturated carbocycles. The van der Waals surface area contributed by atoms with Crippen molar-refractivity contribution < 1.29 is 4.74 Å². The third-order valence-electron chi connectivity index (χ3n) is 3.78. The Morgan fingerprint density at radius 1 is 1.00 bits per heavy atom.